The van der Waals surface area contributed by atoms with Crippen molar-refractivity contribution in [3.8, 4) is 0 Å². The third kappa shape index (κ3) is 1.35. The fourth-order valence-electron chi connectivity index (χ4n) is 1.37. The molecule has 1 aromatic rings. The Bertz CT molecular complexity index is 451. The lowest BCUT2D eigenvalue weighted by Crippen LogP contribution is -2.25. The van der Waals surface area contributed by atoms with Gasteiger partial charge in [-0.3, -0.25) is 9.59 Å². The molecule has 0 amide bonds. The Morgan fingerprint density at radius 1 is 1.07 bits per heavy atom. The van der Waals surface area contributed by atoms with E-state index in [1.54, 1.807) is 18.2 Å². The second-order valence-corrected chi connectivity index (χ2v) is 3.44. The normalized spacial score (nSPS) is 14.8. The van der Waals surface area contributed by atoms with Crippen molar-refractivity contribution in [1.82, 2.24) is 3.53 Å². The van der Waals surface area contributed by atoms with Crippen LogP contribution in [0.2, 0.25) is 0 Å². The molecule has 0 saturated carbocycles. The number of Topliss-reactive ketones (excluding diaryl/α,β-unsaturated/α-hetero) is 2. The summed E-state index contributed by atoms with van der Waals surface area (Å²) in [6, 6.07) is 7.06. The lowest BCUT2D eigenvalue weighted by Gasteiger charge is -2.12. The third-order valence-corrected chi connectivity index (χ3v) is 2.64. The number of halogens is 1. The third-order valence-electron chi connectivity index (χ3n) is 2.06. The van der Waals surface area contributed by atoms with E-state index in [0.717, 1.165) is 5.56 Å². The minimum absolute atomic E-state index is 0.342. The Hall–Kier alpha value is -1.17. The molecule has 3 nitrogen and oxygen atoms in total. The molecule has 1 aromatic carbocycles. The SMILES string of the molecule is O=C1C(=O)c2ccccc2C=C1NI. The molecular weight excluding hydrogens is 293 g/mol. The van der Waals surface area contributed by atoms with Gasteiger partial charge >= 0.3 is 0 Å². The maximum atomic E-state index is 11.6. The minimum atomic E-state index is -0.474. The van der Waals surface area contributed by atoms with Crippen LogP contribution in [0.3, 0.4) is 0 Å². The van der Waals surface area contributed by atoms with E-state index in [-0.39, 0.29) is 0 Å². The Morgan fingerprint density at radius 3 is 2.50 bits per heavy atom. The topological polar surface area (TPSA) is 46.2 Å². The van der Waals surface area contributed by atoms with E-state index in [0.29, 0.717) is 11.3 Å². The Morgan fingerprint density at radius 2 is 1.79 bits per heavy atom. The van der Waals surface area contributed by atoms with Crippen molar-refractivity contribution in [2.45, 2.75) is 0 Å². The first-order chi connectivity index (χ1) is 6.74. The quantitative estimate of drug-likeness (QED) is 0.488. The summed E-state index contributed by atoms with van der Waals surface area (Å²) < 4.78 is 2.69. The minimum Gasteiger partial charge on any atom is -0.325 e. The molecule has 0 heterocycles. The zero-order chi connectivity index (χ0) is 10.1. The first-order valence-electron chi connectivity index (χ1n) is 4.00. The van der Waals surface area contributed by atoms with Crippen LogP contribution >= 0.6 is 22.9 Å². The van der Waals surface area contributed by atoms with Gasteiger partial charge in [0.25, 0.3) is 0 Å². The number of nitrogens with one attached hydrogen (secondary N) is 1. The van der Waals surface area contributed by atoms with Crippen LogP contribution in [0.25, 0.3) is 6.08 Å². The van der Waals surface area contributed by atoms with Crippen LogP contribution < -0.4 is 3.53 Å². The molecule has 0 unspecified atom stereocenters. The second kappa shape index (κ2) is 3.53. The number of allylic oxidation sites excluding steroid dienone is 1. The Balaban J connectivity index is 2.63. The van der Waals surface area contributed by atoms with Crippen LogP contribution in [0.1, 0.15) is 15.9 Å². The summed E-state index contributed by atoms with van der Waals surface area (Å²) in [5.74, 6) is -0.916. The van der Waals surface area contributed by atoms with Crippen molar-refractivity contribution >= 4 is 40.5 Å². The molecule has 1 N–H and O–H groups in total. The van der Waals surface area contributed by atoms with Crippen molar-refractivity contribution in [2.24, 2.45) is 0 Å². The second-order valence-electron chi connectivity index (χ2n) is 2.90. The maximum Gasteiger partial charge on any atom is 0.250 e. The zero-order valence-corrected chi connectivity index (χ0v) is 9.24. The van der Waals surface area contributed by atoms with E-state index in [1.807, 2.05) is 35.0 Å². The molecule has 14 heavy (non-hydrogen) atoms. The van der Waals surface area contributed by atoms with Crippen LogP contribution in [0.4, 0.5) is 0 Å². The monoisotopic (exact) mass is 299 g/mol. The maximum absolute atomic E-state index is 11.6. The van der Waals surface area contributed by atoms with E-state index in [9.17, 15) is 9.59 Å². The zero-order valence-electron chi connectivity index (χ0n) is 7.08. The van der Waals surface area contributed by atoms with Gasteiger partial charge in [-0.1, -0.05) is 24.3 Å². The molecular formula is C10H6INO2. The molecule has 4 heteroatoms. The van der Waals surface area contributed by atoms with Gasteiger partial charge in [0.1, 0.15) is 0 Å². The van der Waals surface area contributed by atoms with Gasteiger partial charge in [0.15, 0.2) is 0 Å². The fraction of sp³-hybridized carbons (Fsp3) is 0. The number of carbonyl (C=O) groups is 2. The van der Waals surface area contributed by atoms with Gasteiger partial charge in [0, 0.05) is 5.56 Å². The first-order valence-corrected chi connectivity index (χ1v) is 5.08. The van der Waals surface area contributed by atoms with Gasteiger partial charge in [0.05, 0.1) is 28.6 Å². The molecule has 0 bridgehead atoms. The van der Waals surface area contributed by atoms with Crippen LogP contribution in [0.15, 0.2) is 30.0 Å². The summed E-state index contributed by atoms with van der Waals surface area (Å²) >= 11 is 1.84. The van der Waals surface area contributed by atoms with Gasteiger partial charge in [0.2, 0.25) is 11.6 Å². The summed E-state index contributed by atoms with van der Waals surface area (Å²) in [6.07, 6.45) is 1.69. The Labute approximate surface area is 94.7 Å². The van der Waals surface area contributed by atoms with E-state index >= 15 is 0 Å². The smallest absolute Gasteiger partial charge is 0.250 e. The number of rotatable bonds is 1. The Kier molecular flexibility index (Phi) is 2.37. The van der Waals surface area contributed by atoms with Gasteiger partial charge in [-0.15, -0.1) is 0 Å². The highest BCUT2D eigenvalue weighted by molar-refractivity contribution is 14.1. The molecule has 70 valence electrons. The van der Waals surface area contributed by atoms with E-state index < -0.39 is 11.6 Å². The predicted octanol–water partition coefficient (Wildman–Crippen LogP) is 1.73. The van der Waals surface area contributed by atoms with Gasteiger partial charge < -0.3 is 3.53 Å². The molecule has 0 saturated heterocycles. The van der Waals surface area contributed by atoms with Crippen LogP contribution in [0, 0.1) is 0 Å². The fourth-order valence-corrected chi connectivity index (χ4v) is 1.77. The van der Waals surface area contributed by atoms with Gasteiger partial charge in [-0.2, -0.15) is 0 Å². The molecule has 0 spiro atoms. The highest BCUT2D eigenvalue weighted by Crippen LogP contribution is 2.20. The van der Waals surface area contributed by atoms with Crippen LogP contribution in [-0.4, -0.2) is 11.6 Å². The van der Waals surface area contributed by atoms with Crippen LogP contribution in [0.5, 0.6) is 0 Å². The molecule has 0 aromatic heterocycles. The standard InChI is InChI=1S/C10H6INO2/c11-12-8-5-6-3-1-2-4-7(6)9(13)10(8)14/h1-5,12H. The van der Waals surface area contributed by atoms with Gasteiger partial charge in [-0.05, 0) is 11.6 Å². The highest BCUT2D eigenvalue weighted by Gasteiger charge is 2.26. The number of benzene rings is 1. The molecule has 2 rings (SSSR count). The van der Waals surface area contributed by atoms with E-state index in [1.165, 1.54) is 0 Å². The van der Waals surface area contributed by atoms with Crippen LogP contribution in [-0.2, 0) is 4.79 Å². The predicted molar refractivity (Wildman–Crippen MR) is 60.9 cm³/mol. The average molecular weight is 299 g/mol. The number of ketones is 2. The molecule has 0 fully saturated rings. The highest BCUT2D eigenvalue weighted by atomic mass is 127. The lowest BCUT2D eigenvalue weighted by atomic mass is 9.94. The summed E-state index contributed by atoms with van der Waals surface area (Å²) in [7, 11) is 0. The summed E-state index contributed by atoms with van der Waals surface area (Å²) in [5.41, 5.74) is 1.61. The number of hydrogen-bond acceptors (Lipinski definition) is 3. The van der Waals surface area contributed by atoms with Crippen molar-refractivity contribution in [1.29, 1.82) is 0 Å². The molecule has 0 atom stereocenters. The summed E-state index contributed by atoms with van der Waals surface area (Å²) in [6.45, 7) is 0. The molecule has 1 aliphatic carbocycles. The largest absolute Gasteiger partial charge is 0.325 e. The van der Waals surface area contributed by atoms with Crippen molar-refractivity contribution < 1.29 is 9.59 Å². The van der Waals surface area contributed by atoms with Crippen molar-refractivity contribution in [3.05, 3.63) is 41.1 Å². The first kappa shape index (κ1) is 9.39. The van der Waals surface area contributed by atoms with E-state index in [4.69, 9.17) is 0 Å². The van der Waals surface area contributed by atoms with E-state index in [2.05, 4.69) is 3.53 Å². The lowest BCUT2D eigenvalue weighted by molar-refractivity contribution is -0.112. The average Bonchev–Trinajstić information content (AvgIpc) is 2.23. The van der Waals surface area contributed by atoms with Gasteiger partial charge in [-0.25, -0.2) is 0 Å². The number of carbonyl (C=O) groups excluding carboxylic acids is 2. The summed E-state index contributed by atoms with van der Waals surface area (Å²) in [4.78, 5) is 23.0. The molecule has 1 aliphatic rings. The number of hydrogen-bond donors (Lipinski definition) is 1. The molecule has 0 aliphatic heterocycles. The summed E-state index contributed by atoms with van der Waals surface area (Å²) in [5, 5.41) is 0. The molecule has 0 radical (unpaired) electrons. The van der Waals surface area contributed by atoms with Crippen molar-refractivity contribution in [3.63, 3.8) is 0 Å². The van der Waals surface area contributed by atoms with Crippen molar-refractivity contribution in [2.75, 3.05) is 0 Å². The number of fused-ring (bicyclic) bond motifs is 1.